The summed E-state index contributed by atoms with van der Waals surface area (Å²) in [5, 5.41) is 31.6. The molecule has 0 aromatic heterocycles. The summed E-state index contributed by atoms with van der Waals surface area (Å²) in [5.74, 6) is -1.41. The largest absolute Gasteiger partial charge is 0.481 e. The number of carbonyl (C=O) groups excluding carboxylic acids is 1. The molecule has 0 unspecified atom stereocenters. The molecule has 3 fully saturated rings. The number of hydrogen-bond donors (Lipinski definition) is 3. The summed E-state index contributed by atoms with van der Waals surface area (Å²) in [4.78, 5) is 23.0. The van der Waals surface area contributed by atoms with E-state index in [0.29, 0.717) is 38.5 Å². The van der Waals surface area contributed by atoms with Gasteiger partial charge in [-0.3, -0.25) is 9.59 Å². The van der Waals surface area contributed by atoms with Gasteiger partial charge in [-0.05, 0) is 56.9 Å². The van der Waals surface area contributed by atoms with Crippen LogP contribution in [0, 0.1) is 22.7 Å². The number of ketones is 1. The summed E-state index contributed by atoms with van der Waals surface area (Å²) < 4.78 is 16.9. The lowest BCUT2D eigenvalue weighted by Gasteiger charge is -2.63. The lowest BCUT2D eigenvalue weighted by molar-refractivity contribution is -0.229. The second kappa shape index (κ2) is 6.11. The molecule has 4 aliphatic rings. The molecule has 0 bridgehead atoms. The van der Waals surface area contributed by atoms with E-state index in [-0.39, 0.29) is 31.0 Å². The average molecular weight is 394 g/mol. The van der Waals surface area contributed by atoms with Crippen molar-refractivity contribution in [3.05, 3.63) is 11.6 Å². The second-order valence-electron chi connectivity index (χ2n) is 10.1. The Labute approximate surface area is 165 Å². The number of fused-ring (bicyclic) bond motifs is 5. The van der Waals surface area contributed by atoms with E-state index in [1.807, 2.05) is 13.8 Å². The molecule has 28 heavy (non-hydrogen) atoms. The molecule has 0 aliphatic heterocycles. The molecule has 7 atom stereocenters. The number of rotatable bonds is 3. The van der Waals surface area contributed by atoms with E-state index in [0.717, 1.165) is 5.57 Å². The molecule has 5 nitrogen and oxygen atoms in total. The Kier molecular flexibility index (Phi) is 4.37. The number of halogens is 1. The zero-order valence-corrected chi connectivity index (χ0v) is 16.7. The van der Waals surface area contributed by atoms with Crippen molar-refractivity contribution < 1.29 is 29.3 Å². The lowest BCUT2D eigenvalue weighted by atomic mass is 9.44. The Bertz CT molecular complexity index is 749. The fraction of sp³-hybridized carbons (Fsp3) is 0.818. The Balaban J connectivity index is 1.72. The molecule has 0 aromatic carbocycles. The molecular weight excluding hydrogens is 363 g/mol. The number of aliphatic hydroxyl groups is 2. The highest BCUT2D eigenvalue weighted by Gasteiger charge is 2.73. The summed E-state index contributed by atoms with van der Waals surface area (Å²) in [6.07, 6.45) is 3.47. The number of carboxylic acids is 1. The van der Waals surface area contributed by atoms with Gasteiger partial charge in [0, 0.05) is 29.6 Å². The van der Waals surface area contributed by atoms with Crippen molar-refractivity contribution in [3.63, 3.8) is 0 Å². The van der Waals surface area contributed by atoms with Gasteiger partial charge in [0.25, 0.3) is 0 Å². The monoisotopic (exact) mass is 394 g/mol. The molecule has 0 heterocycles. The first-order chi connectivity index (χ1) is 13.0. The van der Waals surface area contributed by atoms with Gasteiger partial charge < -0.3 is 15.3 Å². The number of carboxylic acid groups (broad SMARTS) is 1. The van der Waals surface area contributed by atoms with Crippen LogP contribution < -0.4 is 0 Å². The van der Waals surface area contributed by atoms with E-state index in [4.69, 9.17) is 5.11 Å². The third-order valence-corrected chi connectivity index (χ3v) is 9.12. The zero-order chi connectivity index (χ0) is 20.5. The zero-order valence-electron chi connectivity index (χ0n) is 16.7. The first-order valence-corrected chi connectivity index (χ1v) is 10.5. The van der Waals surface area contributed by atoms with Crippen LogP contribution in [0.4, 0.5) is 4.39 Å². The molecule has 0 amide bonds. The lowest BCUT2D eigenvalue weighted by Crippen LogP contribution is -2.68. The summed E-state index contributed by atoms with van der Waals surface area (Å²) in [6, 6.07) is 0. The summed E-state index contributed by atoms with van der Waals surface area (Å²) in [5.41, 5.74) is -3.75. The Morgan fingerprint density at radius 3 is 2.61 bits per heavy atom. The smallest absolute Gasteiger partial charge is 0.303 e. The van der Waals surface area contributed by atoms with Gasteiger partial charge in [-0.1, -0.05) is 19.4 Å². The van der Waals surface area contributed by atoms with Gasteiger partial charge >= 0.3 is 5.97 Å². The number of hydrogen-bond acceptors (Lipinski definition) is 4. The predicted molar refractivity (Wildman–Crippen MR) is 100 cm³/mol. The SMILES string of the molecule is C[C@]12CCC(=O)C=C1CC[C@H]1[C@@H]3CC[C@@](O)(CCC(=O)O)[C@@]3(C)C[C@H](O)[C@@]12F. The third kappa shape index (κ3) is 2.37. The standard InChI is InChI=1S/C22H31FO5/c1-19-8-5-14(24)11-13(19)3-4-16-15-6-9-21(28,10-7-18(26)27)20(15,2)12-17(25)22(16,19)23/h11,15-17,25,28H,3-10,12H2,1-2H3,(H,26,27)/t15-,16-,17-,19-,20-,21+,22-/m0/s1. The molecule has 156 valence electrons. The quantitative estimate of drug-likeness (QED) is 0.683. The maximum atomic E-state index is 16.9. The predicted octanol–water partition coefficient (Wildman–Crippen LogP) is 3.18. The Hall–Kier alpha value is -1.27. The van der Waals surface area contributed by atoms with Crippen LogP contribution in [0.25, 0.3) is 0 Å². The molecule has 3 saturated carbocycles. The van der Waals surface area contributed by atoms with Gasteiger partial charge in [-0.2, -0.15) is 0 Å². The van der Waals surface area contributed by atoms with Crippen LogP contribution in [-0.2, 0) is 9.59 Å². The minimum absolute atomic E-state index is 0.0357. The van der Waals surface area contributed by atoms with Gasteiger partial charge in [0.05, 0.1) is 11.7 Å². The average Bonchev–Trinajstić information content (AvgIpc) is 2.87. The van der Waals surface area contributed by atoms with Crippen LogP contribution in [0.1, 0.15) is 71.6 Å². The van der Waals surface area contributed by atoms with Crippen LogP contribution in [-0.4, -0.2) is 44.4 Å². The highest BCUT2D eigenvalue weighted by atomic mass is 19.1. The first-order valence-electron chi connectivity index (χ1n) is 10.5. The normalized spacial score (nSPS) is 50.4. The van der Waals surface area contributed by atoms with Crippen LogP contribution >= 0.6 is 0 Å². The second-order valence-corrected chi connectivity index (χ2v) is 10.1. The molecule has 0 aromatic rings. The van der Waals surface area contributed by atoms with E-state index in [2.05, 4.69) is 0 Å². The van der Waals surface area contributed by atoms with Crippen molar-refractivity contribution in [2.75, 3.05) is 0 Å². The minimum atomic E-state index is -1.82. The molecule has 0 spiro atoms. The number of carbonyl (C=O) groups is 2. The Morgan fingerprint density at radius 2 is 1.93 bits per heavy atom. The molecule has 0 saturated heterocycles. The summed E-state index contributed by atoms with van der Waals surface area (Å²) in [6.45, 7) is 3.77. The number of aliphatic hydroxyl groups excluding tert-OH is 1. The van der Waals surface area contributed by atoms with E-state index in [1.54, 1.807) is 6.08 Å². The van der Waals surface area contributed by atoms with Crippen molar-refractivity contribution >= 4 is 11.8 Å². The van der Waals surface area contributed by atoms with Gasteiger partial charge in [-0.15, -0.1) is 0 Å². The number of alkyl halides is 1. The van der Waals surface area contributed by atoms with Crippen molar-refractivity contribution in [2.24, 2.45) is 22.7 Å². The molecule has 4 aliphatic carbocycles. The number of allylic oxidation sites excluding steroid dienone is 1. The van der Waals surface area contributed by atoms with Gasteiger partial charge in [-0.25, -0.2) is 4.39 Å². The molecule has 0 radical (unpaired) electrons. The number of aliphatic carboxylic acids is 1. The van der Waals surface area contributed by atoms with E-state index < -0.39 is 40.1 Å². The maximum Gasteiger partial charge on any atom is 0.303 e. The summed E-state index contributed by atoms with van der Waals surface area (Å²) >= 11 is 0. The van der Waals surface area contributed by atoms with Gasteiger partial charge in [0.2, 0.25) is 0 Å². The van der Waals surface area contributed by atoms with Gasteiger partial charge in [0.1, 0.15) is 5.67 Å². The van der Waals surface area contributed by atoms with Crippen LogP contribution in [0.3, 0.4) is 0 Å². The molecule has 3 N–H and O–H groups in total. The Morgan fingerprint density at radius 1 is 1.21 bits per heavy atom. The van der Waals surface area contributed by atoms with E-state index in [1.165, 1.54) is 0 Å². The van der Waals surface area contributed by atoms with Gasteiger partial charge in [0.15, 0.2) is 5.78 Å². The fourth-order valence-corrected chi connectivity index (χ4v) is 7.39. The van der Waals surface area contributed by atoms with Crippen LogP contribution in [0.15, 0.2) is 11.6 Å². The van der Waals surface area contributed by atoms with Crippen molar-refractivity contribution in [1.82, 2.24) is 0 Å². The highest BCUT2D eigenvalue weighted by Crippen LogP contribution is 2.70. The summed E-state index contributed by atoms with van der Waals surface area (Å²) in [7, 11) is 0. The van der Waals surface area contributed by atoms with Crippen molar-refractivity contribution in [1.29, 1.82) is 0 Å². The minimum Gasteiger partial charge on any atom is -0.481 e. The molecule has 4 rings (SSSR count). The maximum absolute atomic E-state index is 16.9. The van der Waals surface area contributed by atoms with Crippen molar-refractivity contribution in [3.8, 4) is 0 Å². The molecule has 6 heteroatoms. The van der Waals surface area contributed by atoms with Crippen LogP contribution in [0.2, 0.25) is 0 Å². The first kappa shape index (κ1) is 20.0. The molecular formula is C22H31FO5. The highest BCUT2D eigenvalue weighted by molar-refractivity contribution is 5.91. The fourth-order valence-electron chi connectivity index (χ4n) is 7.39. The van der Waals surface area contributed by atoms with E-state index in [9.17, 15) is 19.8 Å². The van der Waals surface area contributed by atoms with Crippen LogP contribution in [0.5, 0.6) is 0 Å². The van der Waals surface area contributed by atoms with Crippen molar-refractivity contribution in [2.45, 2.75) is 89.0 Å². The topological polar surface area (TPSA) is 94.8 Å². The third-order valence-electron chi connectivity index (χ3n) is 9.12. The van der Waals surface area contributed by atoms with E-state index >= 15 is 4.39 Å².